The average molecular weight is 211 g/mol. The Morgan fingerprint density at radius 3 is 2.60 bits per heavy atom. The SMILES string of the molecule is CC(C)(COc1ccccc1F)C(N)=O. The topological polar surface area (TPSA) is 52.3 Å². The number of para-hydroxylation sites is 1. The molecule has 4 heteroatoms. The standard InChI is InChI=1S/C11H14FNO2/c1-11(2,10(13)14)7-15-9-6-4-3-5-8(9)12/h3-6H,7H2,1-2H3,(H2,13,14). The highest BCUT2D eigenvalue weighted by molar-refractivity contribution is 5.80. The summed E-state index contributed by atoms with van der Waals surface area (Å²) in [6, 6.07) is 6.04. The van der Waals surface area contributed by atoms with E-state index in [1.807, 2.05) is 0 Å². The van der Waals surface area contributed by atoms with Crippen molar-refractivity contribution in [2.75, 3.05) is 6.61 Å². The van der Waals surface area contributed by atoms with Crippen molar-refractivity contribution in [1.29, 1.82) is 0 Å². The van der Waals surface area contributed by atoms with Crippen LogP contribution in [0.15, 0.2) is 24.3 Å². The largest absolute Gasteiger partial charge is 0.489 e. The number of rotatable bonds is 4. The van der Waals surface area contributed by atoms with E-state index in [1.165, 1.54) is 12.1 Å². The number of primary amides is 1. The third-order valence-corrected chi connectivity index (χ3v) is 2.09. The molecule has 0 aliphatic heterocycles. The first kappa shape index (κ1) is 11.5. The Balaban J connectivity index is 2.66. The fraction of sp³-hybridized carbons (Fsp3) is 0.364. The van der Waals surface area contributed by atoms with Crippen molar-refractivity contribution in [2.24, 2.45) is 11.1 Å². The molecule has 0 bridgehead atoms. The summed E-state index contributed by atoms with van der Waals surface area (Å²) in [6.07, 6.45) is 0. The molecule has 0 aromatic heterocycles. The van der Waals surface area contributed by atoms with Crippen LogP contribution in [-0.4, -0.2) is 12.5 Å². The van der Waals surface area contributed by atoms with Gasteiger partial charge in [-0.25, -0.2) is 4.39 Å². The van der Waals surface area contributed by atoms with Gasteiger partial charge in [-0.3, -0.25) is 4.79 Å². The van der Waals surface area contributed by atoms with Crippen LogP contribution in [0.2, 0.25) is 0 Å². The van der Waals surface area contributed by atoms with Gasteiger partial charge in [-0.2, -0.15) is 0 Å². The Kier molecular flexibility index (Phi) is 3.29. The predicted octanol–water partition coefficient (Wildman–Crippen LogP) is 1.72. The molecule has 0 aliphatic rings. The van der Waals surface area contributed by atoms with Crippen LogP contribution in [0.25, 0.3) is 0 Å². The number of carbonyl (C=O) groups is 1. The van der Waals surface area contributed by atoms with E-state index >= 15 is 0 Å². The molecule has 0 aliphatic carbocycles. The van der Waals surface area contributed by atoms with Crippen LogP contribution in [0.4, 0.5) is 4.39 Å². The fourth-order valence-electron chi connectivity index (χ4n) is 0.891. The van der Waals surface area contributed by atoms with Crippen molar-refractivity contribution in [3.05, 3.63) is 30.1 Å². The summed E-state index contributed by atoms with van der Waals surface area (Å²) >= 11 is 0. The van der Waals surface area contributed by atoms with Crippen LogP contribution in [0.3, 0.4) is 0 Å². The highest BCUT2D eigenvalue weighted by atomic mass is 19.1. The Bertz CT molecular complexity index is 363. The van der Waals surface area contributed by atoms with Crippen molar-refractivity contribution in [2.45, 2.75) is 13.8 Å². The van der Waals surface area contributed by atoms with E-state index < -0.39 is 17.1 Å². The first-order valence-electron chi connectivity index (χ1n) is 4.61. The maximum atomic E-state index is 13.1. The lowest BCUT2D eigenvalue weighted by atomic mass is 9.94. The molecule has 1 amide bonds. The van der Waals surface area contributed by atoms with Gasteiger partial charge in [0.1, 0.15) is 6.61 Å². The van der Waals surface area contributed by atoms with Gasteiger partial charge in [0.2, 0.25) is 5.91 Å². The maximum Gasteiger partial charge on any atom is 0.226 e. The number of ether oxygens (including phenoxy) is 1. The highest BCUT2D eigenvalue weighted by Gasteiger charge is 2.26. The molecule has 3 nitrogen and oxygen atoms in total. The van der Waals surface area contributed by atoms with Crippen LogP contribution in [0.5, 0.6) is 5.75 Å². The number of nitrogens with two attached hydrogens (primary N) is 1. The summed E-state index contributed by atoms with van der Waals surface area (Å²) in [5.74, 6) is -0.788. The third-order valence-electron chi connectivity index (χ3n) is 2.09. The van der Waals surface area contributed by atoms with Gasteiger partial charge in [0, 0.05) is 0 Å². The van der Waals surface area contributed by atoms with E-state index in [4.69, 9.17) is 10.5 Å². The Labute approximate surface area is 88.0 Å². The molecule has 0 heterocycles. The quantitative estimate of drug-likeness (QED) is 0.824. The van der Waals surface area contributed by atoms with Gasteiger partial charge in [-0.05, 0) is 26.0 Å². The molecule has 0 unspecified atom stereocenters. The third kappa shape index (κ3) is 2.94. The number of halogens is 1. The minimum Gasteiger partial charge on any atom is -0.489 e. The van der Waals surface area contributed by atoms with Crippen LogP contribution in [0.1, 0.15) is 13.8 Å². The van der Waals surface area contributed by atoms with Crippen molar-refractivity contribution >= 4 is 5.91 Å². The predicted molar refractivity (Wildman–Crippen MR) is 54.9 cm³/mol. The molecule has 2 N–H and O–H groups in total. The molecule has 1 rings (SSSR count). The number of benzene rings is 1. The van der Waals surface area contributed by atoms with E-state index in [9.17, 15) is 9.18 Å². The molecule has 0 saturated carbocycles. The fourth-order valence-corrected chi connectivity index (χ4v) is 0.891. The molecular weight excluding hydrogens is 197 g/mol. The van der Waals surface area contributed by atoms with E-state index in [1.54, 1.807) is 26.0 Å². The van der Waals surface area contributed by atoms with Gasteiger partial charge in [0.25, 0.3) is 0 Å². The van der Waals surface area contributed by atoms with Crippen molar-refractivity contribution in [3.63, 3.8) is 0 Å². The van der Waals surface area contributed by atoms with Crippen molar-refractivity contribution in [1.82, 2.24) is 0 Å². The molecule has 0 atom stereocenters. The number of hydrogen-bond acceptors (Lipinski definition) is 2. The monoisotopic (exact) mass is 211 g/mol. The summed E-state index contributed by atoms with van der Waals surface area (Å²) < 4.78 is 18.3. The van der Waals surface area contributed by atoms with Gasteiger partial charge in [0.15, 0.2) is 11.6 Å². The first-order valence-corrected chi connectivity index (χ1v) is 4.61. The first-order chi connectivity index (χ1) is 6.93. The van der Waals surface area contributed by atoms with Crippen LogP contribution < -0.4 is 10.5 Å². The molecule has 82 valence electrons. The zero-order valence-electron chi connectivity index (χ0n) is 8.79. The van der Waals surface area contributed by atoms with E-state index in [0.717, 1.165) is 0 Å². The second kappa shape index (κ2) is 4.29. The number of carbonyl (C=O) groups excluding carboxylic acids is 1. The molecule has 0 saturated heterocycles. The van der Waals surface area contributed by atoms with Crippen molar-refractivity contribution in [3.8, 4) is 5.75 Å². The Morgan fingerprint density at radius 2 is 2.07 bits per heavy atom. The molecular formula is C11H14FNO2. The zero-order chi connectivity index (χ0) is 11.5. The van der Waals surface area contributed by atoms with Gasteiger partial charge in [-0.15, -0.1) is 0 Å². The maximum absolute atomic E-state index is 13.1. The van der Waals surface area contributed by atoms with Gasteiger partial charge in [0.05, 0.1) is 5.41 Å². The number of amides is 1. The number of hydrogen-bond donors (Lipinski definition) is 1. The van der Waals surface area contributed by atoms with Gasteiger partial charge < -0.3 is 10.5 Å². The van der Waals surface area contributed by atoms with E-state index in [-0.39, 0.29) is 12.4 Å². The molecule has 1 aromatic rings. The highest BCUT2D eigenvalue weighted by Crippen LogP contribution is 2.20. The zero-order valence-corrected chi connectivity index (χ0v) is 8.79. The lowest BCUT2D eigenvalue weighted by molar-refractivity contribution is -0.127. The summed E-state index contributed by atoms with van der Waals surface area (Å²) in [7, 11) is 0. The molecule has 1 aromatic carbocycles. The lowest BCUT2D eigenvalue weighted by Crippen LogP contribution is -2.36. The van der Waals surface area contributed by atoms with Gasteiger partial charge >= 0.3 is 0 Å². The van der Waals surface area contributed by atoms with Crippen molar-refractivity contribution < 1.29 is 13.9 Å². The van der Waals surface area contributed by atoms with Crippen LogP contribution in [-0.2, 0) is 4.79 Å². The minimum atomic E-state index is -0.803. The van der Waals surface area contributed by atoms with E-state index in [0.29, 0.717) is 0 Å². The van der Waals surface area contributed by atoms with Crippen LogP contribution >= 0.6 is 0 Å². The van der Waals surface area contributed by atoms with Crippen LogP contribution in [0, 0.1) is 11.2 Å². The second-order valence-corrected chi connectivity index (χ2v) is 3.97. The smallest absolute Gasteiger partial charge is 0.226 e. The summed E-state index contributed by atoms with van der Waals surface area (Å²) in [5, 5.41) is 0. The summed E-state index contributed by atoms with van der Waals surface area (Å²) in [4.78, 5) is 11.0. The Hall–Kier alpha value is -1.58. The Morgan fingerprint density at radius 1 is 1.47 bits per heavy atom. The molecule has 0 fully saturated rings. The lowest BCUT2D eigenvalue weighted by Gasteiger charge is -2.20. The summed E-state index contributed by atoms with van der Waals surface area (Å²) in [5.41, 5.74) is 4.36. The normalized spacial score (nSPS) is 11.1. The second-order valence-electron chi connectivity index (χ2n) is 3.97. The average Bonchev–Trinajstić information content (AvgIpc) is 2.16. The molecule has 0 radical (unpaired) electrons. The summed E-state index contributed by atoms with van der Waals surface area (Å²) in [6.45, 7) is 3.36. The minimum absolute atomic E-state index is 0.0588. The molecule has 15 heavy (non-hydrogen) atoms. The van der Waals surface area contributed by atoms with E-state index in [2.05, 4.69) is 0 Å². The van der Waals surface area contributed by atoms with Gasteiger partial charge in [-0.1, -0.05) is 12.1 Å². The molecule has 0 spiro atoms.